The summed E-state index contributed by atoms with van der Waals surface area (Å²) in [5.41, 5.74) is 2.20. The van der Waals surface area contributed by atoms with Crippen LogP contribution in [0.15, 0.2) is 30.7 Å². The zero-order valence-corrected chi connectivity index (χ0v) is 12.5. The normalized spacial score (nSPS) is 14.8. The molecule has 1 aliphatic heterocycles. The Kier molecular flexibility index (Phi) is 4.10. The van der Waals surface area contributed by atoms with Gasteiger partial charge in [0.25, 0.3) is 0 Å². The minimum atomic E-state index is 0.512. The van der Waals surface area contributed by atoms with Crippen LogP contribution in [0.3, 0.4) is 0 Å². The summed E-state index contributed by atoms with van der Waals surface area (Å²) in [5.74, 6) is 2.22. The molecule has 0 amide bonds. The highest BCUT2D eigenvalue weighted by Crippen LogP contribution is 2.31. The number of ether oxygens (including phenoxy) is 2. The van der Waals surface area contributed by atoms with Crippen LogP contribution in [0.4, 0.5) is 0 Å². The number of benzene rings is 1. The number of imidazole rings is 1. The molecule has 1 aromatic carbocycles. The van der Waals surface area contributed by atoms with E-state index in [4.69, 9.17) is 9.47 Å². The third-order valence-electron chi connectivity index (χ3n) is 3.67. The van der Waals surface area contributed by atoms with Crippen LogP contribution >= 0.6 is 0 Å². The van der Waals surface area contributed by atoms with Gasteiger partial charge >= 0.3 is 0 Å². The summed E-state index contributed by atoms with van der Waals surface area (Å²) in [6.45, 7) is 7.26. The predicted octanol–water partition coefficient (Wildman–Crippen LogP) is 2.36. The van der Waals surface area contributed by atoms with Gasteiger partial charge in [-0.1, -0.05) is 0 Å². The zero-order valence-electron chi connectivity index (χ0n) is 12.5. The Labute approximate surface area is 124 Å². The molecule has 0 saturated carbocycles. The monoisotopic (exact) mass is 287 g/mol. The van der Waals surface area contributed by atoms with E-state index >= 15 is 0 Å². The number of hydrogen-bond donors (Lipinski definition) is 1. The van der Waals surface area contributed by atoms with Crippen molar-refractivity contribution in [1.29, 1.82) is 0 Å². The molecule has 2 heterocycles. The van der Waals surface area contributed by atoms with Crippen LogP contribution < -0.4 is 14.8 Å². The summed E-state index contributed by atoms with van der Waals surface area (Å²) < 4.78 is 13.5. The third-order valence-corrected chi connectivity index (χ3v) is 3.67. The summed E-state index contributed by atoms with van der Waals surface area (Å²) in [6.07, 6.45) is 3.79. The highest BCUT2D eigenvalue weighted by atomic mass is 16.5. The van der Waals surface area contributed by atoms with Crippen molar-refractivity contribution in [3.05, 3.63) is 36.4 Å². The van der Waals surface area contributed by atoms with Crippen molar-refractivity contribution in [2.45, 2.75) is 19.8 Å². The first-order valence-corrected chi connectivity index (χ1v) is 7.46. The Bertz CT molecular complexity index is 605. The van der Waals surface area contributed by atoms with Crippen LogP contribution in [0.5, 0.6) is 11.5 Å². The predicted molar refractivity (Wildman–Crippen MR) is 81.5 cm³/mol. The van der Waals surface area contributed by atoms with Crippen LogP contribution in [-0.2, 0) is 0 Å². The SMILES string of the molecule is CCOc1ccc(OCC)c(-n2cncc2C2CNC2)c1. The van der Waals surface area contributed by atoms with Crippen molar-refractivity contribution in [2.24, 2.45) is 0 Å². The molecule has 0 bridgehead atoms. The number of nitrogens with one attached hydrogen (secondary N) is 1. The second-order valence-electron chi connectivity index (χ2n) is 5.04. The quantitative estimate of drug-likeness (QED) is 0.886. The maximum atomic E-state index is 5.76. The number of nitrogens with zero attached hydrogens (tertiary/aromatic N) is 2. The van der Waals surface area contributed by atoms with Gasteiger partial charge in [0.2, 0.25) is 0 Å². The molecular formula is C16H21N3O2. The molecule has 5 heteroatoms. The highest BCUT2D eigenvalue weighted by Gasteiger charge is 2.24. The lowest BCUT2D eigenvalue weighted by molar-refractivity contribution is 0.329. The first kappa shape index (κ1) is 13.9. The van der Waals surface area contributed by atoms with Crippen molar-refractivity contribution in [2.75, 3.05) is 26.3 Å². The van der Waals surface area contributed by atoms with Crippen molar-refractivity contribution < 1.29 is 9.47 Å². The summed E-state index contributed by atoms with van der Waals surface area (Å²) >= 11 is 0. The number of aromatic nitrogens is 2. The highest BCUT2D eigenvalue weighted by molar-refractivity contribution is 5.52. The van der Waals surface area contributed by atoms with Crippen LogP contribution in [0.25, 0.3) is 5.69 Å². The standard InChI is InChI=1S/C16H21N3O2/c1-3-20-13-5-6-16(21-4-2)14(7-13)19-11-18-10-15(19)12-8-17-9-12/h5-7,10-12,17H,3-4,8-9H2,1-2H3. The molecule has 5 nitrogen and oxygen atoms in total. The van der Waals surface area contributed by atoms with E-state index in [9.17, 15) is 0 Å². The number of rotatable bonds is 6. The fourth-order valence-corrected chi connectivity index (χ4v) is 2.53. The number of hydrogen-bond acceptors (Lipinski definition) is 4. The molecule has 21 heavy (non-hydrogen) atoms. The van der Waals surface area contributed by atoms with Gasteiger partial charge in [-0.05, 0) is 26.0 Å². The molecule has 3 rings (SSSR count). The molecule has 1 fully saturated rings. The zero-order chi connectivity index (χ0) is 14.7. The molecule has 0 unspecified atom stereocenters. The first-order valence-electron chi connectivity index (χ1n) is 7.46. The van der Waals surface area contributed by atoms with E-state index in [2.05, 4.69) is 14.9 Å². The lowest BCUT2D eigenvalue weighted by Gasteiger charge is -2.28. The van der Waals surface area contributed by atoms with E-state index < -0.39 is 0 Å². The van der Waals surface area contributed by atoms with Crippen LogP contribution in [0, 0.1) is 0 Å². The van der Waals surface area contributed by atoms with E-state index in [1.54, 1.807) is 0 Å². The fraction of sp³-hybridized carbons (Fsp3) is 0.438. The molecular weight excluding hydrogens is 266 g/mol. The van der Waals surface area contributed by atoms with Crippen LogP contribution in [0.1, 0.15) is 25.5 Å². The second kappa shape index (κ2) is 6.18. The van der Waals surface area contributed by atoms with E-state index in [1.807, 2.05) is 44.6 Å². The molecule has 1 aliphatic rings. The molecule has 112 valence electrons. The Hall–Kier alpha value is -2.01. The van der Waals surface area contributed by atoms with E-state index in [0.717, 1.165) is 30.3 Å². The second-order valence-corrected chi connectivity index (χ2v) is 5.04. The average Bonchev–Trinajstić information content (AvgIpc) is 2.88. The van der Waals surface area contributed by atoms with Gasteiger partial charge in [-0.2, -0.15) is 0 Å². The van der Waals surface area contributed by atoms with Gasteiger partial charge < -0.3 is 14.8 Å². The lowest BCUT2D eigenvalue weighted by atomic mass is 9.99. The van der Waals surface area contributed by atoms with Crippen molar-refractivity contribution in [3.8, 4) is 17.2 Å². The van der Waals surface area contributed by atoms with Crippen molar-refractivity contribution in [1.82, 2.24) is 14.9 Å². The van der Waals surface area contributed by atoms with Crippen LogP contribution in [0.2, 0.25) is 0 Å². The maximum absolute atomic E-state index is 5.76. The summed E-state index contributed by atoms with van der Waals surface area (Å²) in [6, 6.07) is 5.93. The third kappa shape index (κ3) is 2.74. The van der Waals surface area contributed by atoms with E-state index in [1.165, 1.54) is 5.69 Å². The van der Waals surface area contributed by atoms with Crippen molar-refractivity contribution in [3.63, 3.8) is 0 Å². The Morgan fingerprint density at radius 3 is 2.71 bits per heavy atom. The lowest BCUT2D eigenvalue weighted by Crippen LogP contribution is -2.40. The Balaban J connectivity index is 2.02. The smallest absolute Gasteiger partial charge is 0.143 e. The van der Waals surface area contributed by atoms with Gasteiger partial charge in [0, 0.05) is 37.0 Å². The Morgan fingerprint density at radius 1 is 1.24 bits per heavy atom. The first-order chi connectivity index (χ1) is 10.3. The largest absolute Gasteiger partial charge is 0.494 e. The van der Waals surface area contributed by atoms with Gasteiger partial charge in [-0.15, -0.1) is 0 Å². The van der Waals surface area contributed by atoms with Gasteiger partial charge in [-0.25, -0.2) is 4.98 Å². The summed E-state index contributed by atoms with van der Waals surface area (Å²) in [4.78, 5) is 4.32. The van der Waals surface area contributed by atoms with Gasteiger partial charge in [0.1, 0.15) is 11.5 Å². The molecule has 1 N–H and O–H groups in total. The van der Waals surface area contributed by atoms with Crippen LogP contribution in [-0.4, -0.2) is 35.9 Å². The average molecular weight is 287 g/mol. The molecule has 0 aliphatic carbocycles. The molecule has 1 saturated heterocycles. The fourth-order valence-electron chi connectivity index (χ4n) is 2.53. The van der Waals surface area contributed by atoms with Gasteiger partial charge in [0.05, 0.1) is 25.2 Å². The molecule has 0 atom stereocenters. The van der Waals surface area contributed by atoms with E-state index in [0.29, 0.717) is 19.1 Å². The minimum absolute atomic E-state index is 0.512. The molecule has 0 spiro atoms. The summed E-state index contributed by atoms with van der Waals surface area (Å²) in [7, 11) is 0. The molecule has 0 radical (unpaired) electrons. The van der Waals surface area contributed by atoms with Gasteiger partial charge in [-0.3, -0.25) is 4.57 Å². The van der Waals surface area contributed by atoms with Crippen molar-refractivity contribution >= 4 is 0 Å². The summed E-state index contributed by atoms with van der Waals surface area (Å²) in [5, 5.41) is 3.30. The molecule has 1 aromatic heterocycles. The van der Waals surface area contributed by atoms with Gasteiger partial charge in [0.15, 0.2) is 0 Å². The maximum Gasteiger partial charge on any atom is 0.143 e. The Morgan fingerprint density at radius 2 is 2.05 bits per heavy atom. The minimum Gasteiger partial charge on any atom is -0.494 e. The topological polar surface area (TPSA) is 48.3 Å². The molecule has 2 aromatic rings. The van der Waals surface area contributed by atoms with E-state index in [-0.39, 0.29) is 0 Å².